The van der Waals surface area contributed by atoms with E-state index >= 15 is 0 Å². The van der Waals surface area contributed by atoms with Crippen LogP contribution >= 0.6 is 0 Å². The Bertz CT molecular complexity index is 979. The molecular weight excluding hydrogens is 368 g/mol. The third kappa shape index (κ3) is 4.37. The molecule has 0 radical (unpaired) electrons. The van der Waals surface area contributed by atoms with Gasteiger partial charge in [-0.1, -0.05) is 17.7 Å². The first-order valence-corrected chi connectivity index (χ1v) is 10.0. The van der Waals surface area contributed by atoms with E-state index in [4.69, 9.17) is 9.84 Å². The predicted octanol–water partition coefficient (Wildman–Crippen LogP) is 1.80. The van der Waals surface area contributed by atoms with Crippen LogP contribution in [-0.2, 0) is 11.3 Å². The molecule has 1 amide bonds. The molecule has 8 nitrogen and oxygen atoms in total. The predicted molar refractivity (Wildman–Crippen MR) is 110 cm³/mol. The number of amides is 1. The first-order chi connectivity index (χ1) is 14.1. The van der Waals surface area contributed by atoms with Crippen molar-refractivity contribution < 1.29 is 9.53 Å². The standard InChI is InChI=1S/C21H26N6O2/c1-14-3-5-17(6-4-14)29-15(2)21(28)25-11-12-27-20-19(23-9-10-24-20)18(26-27)16-7-8-22-13-16/h3-6,9-10,15-16,22H,7-8,11-13H2,1-2H3,(H,25,28)/t15-,16-/m1/s1. The van der Waals surface area contributed by atoms with Crippen molar-refractivity contribution in [3.63, 3.8) is 0 Å². The van der Waals surface area contributed by atoms with Crippen LogP contribution in [0.3, 0.4) is 0 Å². The number of nitrogens with one attached hydrogen (secondary N) is 2. The fourth-order valence-corrected chi connectivity index (χ4v) is 3.55. The summed E-state index contributed by atoms with van der Waals surface area (Å²) < 4.78 is 7.55. The number of aromatic nitrogens is 4. The zero-order valence-corrected chi connectivity index (χ0v) is 16.8. The van der Waals surface area contributed by atoms with Crippen molar-refractivity contribution in [1.82, 2.24) is 30.4 Å². The Morgan fingerprint density at radius 3 is 2.86 bits per heavy atom. The zero-order chi connectivity index (χ0) is 20.2. The van der Waals surface area contributed by atoms with E-state index in [2.05, 4.69) is 20.6 Å². The van der Waals surface area contributed by atoms with Gasteiger partial charge in [-0.15, -0.1) is 0 Å². The molecule has 29 heavy (non-hydrogen) atoms. The summed E-state index contributed by atoms with van der Waals surface area (Å²) in [6, 6.07) is 7.66. The summed E-state index contributed by atoms with van der Waals surface area (Å²) in [4.78, 5) is 21.3. The van der Waals surface area contributed by atoms with Gasteiger partial charge in [0, 0.05) is 31.4 Å². The lowest BCUT2D eigenvalue weighted by Gasteiger charge is -2.15. The second-order valence-corrected chi connectivity index (χ2v) is 7.39. The van der Waals surface area contributed by atoms with Crippen LogP contribution in [0.15, 0.2) is 36.7 Å². The van der Waals surface area contributed by atoms with Crippen molar-refractivity contribution in [2.24, 2.45) is 0 Å². The molecule has 1 aliphatic rings. The van der Waals surface area contributed by atoms with Gasteiger partial charge in [-0.25, -0.2) is 14.6 Å². The minimum atomic E-state index is -0.577. The molecule has 0 saturated carbocycles. The summed E-state index contributed by atoms with van der Waals surface area (Å²) in [6.45, 7) is 6.63. The van der Waals surface area contributed by atoms with Gasteiger partial charge in [0.2, 0.25) is 0 Å². The Morgan fingerprint density at radius 1 is 1.31 bits per heavy atom. The third-order valence-electron chi connectivity index (χ3n) is 5.17. The van der Waals surface area contributed by atoms with Gasteiger partial charge < -0.3 is 15.4 Å². The highest BCUT2D eigenvalue weighted by Crippen LogP contribution is 2.26. The molecule has 0 unspecified atom stereocenters. The Kier molecular flexibility index (Phi) is 5.71. The fraction of sp³-hybridized carbons (Fsp3) is 0.429. The second kappa shape index (κ2) is 8.57. The number of hydrogen-bond donors (Lipinski definition) is 2. The number of carbonyl (C=O) groups excluding carboxylic acids is 1. The fourth-order valence-electron chi connectivity index (χ4n) is 3.55. The maximum absolute atomic E-state index is 12.4. The summed E-state index contributed by atoms with van der Waals surface area (Å²) in [5.41, 5.74) is 3.74. The van der Waals surface area contributed by atoms with Gasteiger partial charge >= 0.3 is 0 Å². The van der Waals surface area contributed by atoms with Gasteiger partial charge in [0.05, 0.1) is 12.2 Å². The summed E-state index contributed by atoms with van der Waals surface area (Å²) in [5.74, 6) is 0.878. The Hall–Kier alpha value is -3.00. The molecule has 0 aliphatic carbocycles. The molecule has 3 aromatic rings. The van der Waals surface area contributed by atoms with Crippen LogP contribution < -0.4 is 15.4 Å². The molecule has 1 aliphatic heterocycles. The molecule has 1 saturated heterocycles. The van der Waals surface area contributed by atoms with E-state index in [9.17, 15) is 4.79 Å². The first kappa shape index (κ1) is 19.3. The molecule has 3 heterocycles. The van der Waals surface area contributed by atoms with E-state index < -0.39 is 6.10 Å². The summed E-state index contributed by atoms with van der Waals surface area (Å²) in [6.07, 6.45) is 3.85. The monoisotopic (exact) mass is 394 g/mol. The molecule has 2 atom stereocenters. The van der Waals surface area contributed by atoms with Gasteiger partial charge in [-0.2, -0.15) is 5.10 Å². The maximum atomic E-state index is 12.4. The molecular formula is C21H26N6O2. The molecule has 4 rings (SSSR count). The van der Waals surface area contributed by atoms with Crippen molar-refractivity contribution in [3.8, 4) is 5.75 Å². The molecule has 2 N–H and O–H groups in total. The van der Waals surface area contributed by atoms with Crippen molar-refractivity contribution >= 4 is 17.1 Å². The Morgan fingerprint density at radius 2 is 2.10 bits per heavy atom. The van der Waals surface area contributed by atoms with Crippen LogP contribution in [0.5, 0.6) is 5.75 Å². The van der Waals surface area contributed by atoms with Crippen LogP contribution in [0.2, 0.25) is 0 Å². The summed E-state index contributed by atoms with van der Waals surface area (Å²) >= 11 is 0. The van der Waals surface area contributed by atoms with Crippen LogP contribution in [0.4, 0.5) is 0 Å². The lowest BCUT2D eigenvalue weighted by atomic mass is 10.0. The van der Waals surface area contributed by atoms with E-state index in [-0.39, 0.29) is 5.91 Å². The second-order valence-electron chi connectivity index (χ2n) is 7.39. The van der Waals surface area contributed by atoms with Crippen molar-refractivity contribution in [1.29, 1.82) is 0 Å². The topological polar surface area (TPSA) is 94.0 Å². The normalized spacial score (nSPS) is 17.4. The molecule has 0 spiro atoms. The van der Waals surface area contributed by atoms with Crippen LogP contribution in [-0.4, -0.2) is 51.4 Å². The molecule has 152 valence electrons. The molecule has 0 bridgehead atoms. The largest absolute Gasteiger partial charge is 0.481 e. The molecule has 8 heteroatoms. The lowest BCUT2D eigenvalue weighted by Crippen LogP contribution is -2.38. The minimum absolute atomic E-state index is 0.159. The number of ether oxygens (including phenoxy) is 1. The van der Waals surface area contributed by atoms with E-state index in [1.807, 2.05) is 35.9 Å². The van der Waals surface area contributed by atoms with Crippen molar-refractivity contribution in [2.75, 3.05) is 19.6 Å². The highest BCUT2D eigenvalue weighted by atomic mass is 16.5. The van der Waals surface area contributed by atoms with Crippen LogP contribution in [0.1, 0.15) is 30.5 Å². The van der Waals surface area contributed by atoms with Gasteiger partial charge in [0.25, 0.3) is 5.91 Å². The highest BCUT2D eigenvalue weighted by molar-refractivity contribution is 5.80. The van der Waals surface area contributed by atoms with Crippen LogP contribution in [0.25, 0.3) is 11.2 Å². The van der Waals surface area contributed by atoms with E-state index in [0.717, 1.165) is 41.9 Å². The first-order valence-electron chi connectivity index (χ1n) is 10.0. The van der Waals surface area contributed by atoms with E-state index in [1.165, 1.54) is 0 Å². The number of hydrogen-bond acceptors (Lipinski definition) is 6. The third-order valence-corrected chi connectivity index (χ3v) is 5.17. The molecule has 2 aromatic heterocycles. The Balaban J connectivity index is 1.37. The number of aryl methyl sites for hydroxylation is 1. The number of fused-ring (bicyclic) bond motifs is 1. The average Bonchev–Trinajstić information content (AvgIpc) is 3.38. The van der Waals surface area contributed by atoms with Crippen LogP contribution in [0, 0.1) is 6.92 Å². The minimum Gasteiger partial charge on any atom is -0.481 e. The SMILES string of the molecule is Cc1ccc(O[C@H](C)C(=O)NCCn2nc([C@@H]3CCNC3)c3nccnc32)cc1. The quantitative estimate of drug-likeness (QED) is 0.635. The highest BCUT2D eigenvalue weighted by Gasteiger charge is 2.24. The number of carbonyl (C=O) groups is 1. The Labute approximate surface area is 169 Å². The zero-order valence-electron chi connectivity index (χ0n) is 16.8. The number of nitrogens with zero attached hydrogens (tertiary/aromatic N) is 4. The van der Waals surface area contributed by atoms with Gasteiger partial charge in [0.1, 0.15) is 11.3 Å². The van der Waals surface area contributed by atoms with Gasteiger partial charge in [-0.3, -0.25) is 4.79 Å². The smallest absolute Gasteiger partial charge is 0.260 e. The summed E-state index contributed by atoms with van der Waals surface area (Å²) in [7, 11) is 0. The number of rotatable bonds is 7. The van der Waals surface area contributed by atoms with E-state index in [1.54, 1.807) is 19.3 Å². The average molecular weight is 394 g/mol. The van der Waals surface area contributed by atoms with E-state index in [0.29, 0.717) is 24.8 Å². The number of benzene rings is 1. The van der Waals surface area contributed by atoms with Gasteiger partial charge in [0.15, 0.2) is 11.8 Å². The lowest BCUT2D eigenvalue weighted by molar-refractivity contribution is -0.127. The molecule has 1 fully saturated rings. The summed E-state index contributed by atoms with van der Waals surface area (Å²) in [5, 5.41) is 11.0. The van der Waals surface area contributed by atoms with Crippen molar-refractivity contribution in [3.05, 3.63) is 47.9 Å². The van der Waals surface area contributed by atoms with Gasteiger partial charge in [-0.05, 0) is 38.9 Å². The molecule has 1 aromatic carbocycles. The van der Waals surface area contributed by atoms with Crippen molar-refractivity contribution in [2.45, 2.75) is 38.8 Å². The maximum Gasteiger partial charge on any atom is 0.260 e.